The third-order valence-electron chi connectivity index (χ3n) is 1.75. The number of methoxy groups -OCH3 is 1. The SMILES string of the molecule is COC(C)Cn1ccc(CN)n1. The smallest absolute Gasteiger partial charge is 0.0760 e. The first-order valence-corrected chi connectivity index (χ1v) is 4.01. The first-order valence-electron chi connectivity index (χ1n) is 4.01. The highest BCUT2D eigenvalue weighted by Gasteiger charge is 2.01. The van der Waals surface area contributed by atoms with E-state index in [0.717, 1.165) is 12.2 Å². The number of nitrogens with two attached hydrogens (primary N) is 1. The van der Waals surface area contributed by atoms with Crippen LogP contribution in [0.4, 0.5) is 0 Å². The van der Waals surface area contributed by atoms with Crippen molar-refractivity contribution in [2.45, 2.75) is 26.1 Å². The summed E-state index contributed by atoms with van der Waals surface area (Å²) < 4.78 is 6.95. The van der Waals surface area contributed by atoms with Crippen LogP contribution in [-0.2, 0) is 17.8 Å². The predicted molar refractivity (Wildman–Crippen MR) is 46.6 cm³/mol. The van der Waals surface area contributed by atoms with Crippen molar-refractivity contribution in [3.05, 3.63) is 18.0 Å². The Hall–Kier alpha value is -0.870. The summed E-state index contributed by atoms with van der Waals surface area (Å²) in [5.41, 5.74) is 6.33. The van der Waals surface area contributed by atoms with Crippen LogP contribution in [0.5, 0.6) is 0 Å². The van der Waals surface area contributed by atoms with Crippen molar-refractivity contribution in [3.8, 4) is 0 Å². The highest BCUT2D eigenvalue weighted by Crippen LogP contribution is 1.97. The van der Waals surface area contributed by atoms with E-state index in [1.807, 2.05) is 23.9 Å². The van der Waals surface area contributed by atoms with E-state index in [0.29, 0.717) is 6.54 Å². The highest BCUT2D eigenvalue weighted by molar-refractivity contribution is 4.97. The van der Waals surface area contributed by atoms with Gasteiger partial charge < -0.3 is 10.5 Å². The van der Waals surface area contributed by atoms with Crippen LogP contribution in [0.15, 0.2) is 12.3 Å². The molecule has 0 amide bonds. The van der Waals surface area contributed by atoms with E-state index < -0.39 is 0 Å². The van der Waals surface area contributed by atoms with E-state index >= 15 is 0 Å². The molecule has 1 rings (SSSR count). The van der Waals surface area contributed by atoms with E-state index in [9.17, 15) is 0 Å². The number of rotatable bonds is 4. The first-order chi connectivity index (χ1) is 5.76. The van der Waals surface area contributed by atoms with Gasteiger partial charge in [-0.2, -0.15) is 5.10 Å². The second-order valence-electron chi connectivity index (χ2n) is 2.78. The summed E-state index contributed by atoms with van der Waals surface area (Å²) in [7, 11) is 1.69. The molecule has 0 fully saturated rings. The molecule has 0 aromatic carbocycles. The fraction of sp³-hybridized carbons (Fsp3) is 0.625. The molecular weight excluding hydrogens is 154 g/mol. The summed E-state index contributed by atoms with van der Waals surface area (Å²) in [5, 5.41) is 4.23. The first kappa shape index (κ1) is 9.22. The average Bonchev–Trinajstić information content (AvgIpc) is 2.52. The third-order valence-corrected chi connectivity index (χ3v) is 1.75. The van der Waals surface area contributed by atoms with Crippen LogP contribution in [0, 0.1) is 0 Å². The summed E-state index contributed by atoms with van der Waals surface area (Å²) in [6.07, 6.45) is 2.10. The number of ether oxygens (including phenoxy) is 1. The van der Waals surface area contributed by atoms with Gasteiger partial charge in [0.15, 0.2) is 0 Å². The minimum absolute atomic E-state index is 0.190. The summed E-state index contributed by atoms with van der Waals surface area (Å²) in [6, 6.07) is 1.92. The van der Waals surface area contributed by atoms with Crippen molar-refractivity contribution < 1.29 is 4.74 Å². The second kappa shape index (κ2) is 4.23. The molecule has 68 valence electrons. The van der Waals surface area contributed by atoms with E-state index in [1.165, 1.54) is 0 Å². The van der Waals surface area contributed by atoms with Gasteiger partial charge in [0, 0.05) is 19.9 Å². The van der Waals surface area contributed by atoms with E-state index in [4.69, 9.17) is 10.5 Å². The van der Waals surface area contributed by atoms with Gasteiger partial charge in [0.1, 0.15) is 0 Å². The molecule has 0 aliphatic carbocycles. The monoisotopic (exact) mass is 169 g/mol. The largest absolute Gasteiger partial charge is 0.380 e. The Morgan fingerprint density at radius 3 is 3.00 bits per heavy atom. The summed E-state index contributed by atoms with van der Waals surface area (Å²) in [5.74, 6) is 0. The van der Waals surface area contributed by atoms with Crippen molar-refractivity contribution in [3.63, 3.8) is 0 Å². The van der Waals surface area contributed by atoms with Crippen LogP contribution in [-0.4, -0.2) is 23.0 Å². The van der Waals surface area contributed by atoms with Crippen molar-refractivity contribution in [2.75, 3.05) is 7.11 Å². The van der Waals surface area contributed by atoms with Crippen molar-refractivity contribution in [1.29, 1.82) is 0 Å². The minimum atomic E-state index is 0.190. The van der Waals surface area contributed by atoms with Crippen LogP contribution in [0.2, 0.25) is 0 Å². The Morgan fingerprint density at radius 1 is 1.75 bits per heavy atom. The third kappa shape index (κ3) is 2.32. The fourth-order valence-corrected chi connectivity index (χ4v) is 0.952. The maximum atomic E-state index is 5.42. The molecule has 0 bridgehead atoms. The standard InChI is InChI=1S/C8H15N3O/c1-7(12-2)6-11-4-3-8(5-9)10-11/h3-4,7H,5-6,9H2,1-2H3. The molecule has 1 atom stereocenters. The Morgan fingerprint density at radius 2 is 2.50 bits per heavy atom. The molecule has 4 heteroatoms. The summed E-state index contributed by atoms with van der Waals surface area (Å²) in [4.78, 5) is 0. The van der Waals surface area contributed by atoms with Gasteiger partial charge in [0.25, 0.3) is 0 Å². The van der Waals surface area contributed by atoms with E-state index in [-0.39, 0.29) is 6.10 Å². The fourth-order valence-electron chi connectivity index (χ4n) is 0.952. The number of hydrogen-bond donors (Lipinski definition) is 1. The molecule has 2 N–H and O–H groups in total. The Bertz CT molecular complexity index is 234. The summed E-state index contributed by atoms with van der Waals surface area (Å²) in [6.45, 7) is 3.27. The van der Waals surface area contributed by atoms with Crippen LogP contribution >= 0.6 is 0 Å². The quantitative estimate of drug-likeness (QED) is 0.708. The van der Waals surface area contributed by atoms with Gasteiger partial charge in [0.2, 0.25) is 0 Å². The molecule has 1 unspecified atom stereocenters. The molecule has 1 aromatic heterocycles. The van der Waals surface area contributed by atoms with Gasteiger partial charge in [-0.05, 0) is 13.0 Å². The zero-order valence-corrected chi connectivity index (χ0v) is 7.53. The second-order valence-corrected chi connectivity index (χ2v) is 2.78. The molecule has 1 aromatic rings. The topological polar surface area (TPSA) is 53.1 Å². The molecule has 0 saturated carbocycles. The highest BCUT2D eigenvalue weighted by atomic mass is 16.5. The normalized spacial score (nSPS) is 13.2. The number of aromatic nitrogens is 2. The molecule has 1 heterocycles. The van der Waals surface area contributed by atoms with Gasteiger partial charge in [-0.1, -0.05) is 0 Å². The zero-order chi connectivity index (χ0) is 8.97. The molecule has 0 saturated heterocycles. The Balaban J connectivity index is 2.52. The molecule has 0 aliphatic heterocycles. The van der Waals surface area contributed by atoms with Crippen molar-refractivity contribution >= 4 is 0 Å². The lowest BCUT2D eigenvalue weighted by Gasteiger charge is -2.08. The molecule has 0 spiro atoms. The lowest BCUT2D eigenvalue weighted by atomic mass is 10.4. The number of nitrogens with zero attached hydrogens (tertiary/aromatic N) is 2. The van der Waals surface area contributed by atoms with E-state index in [1.54, 1.807) is 7.11 Å². The van der Waals surface area contributed by atoms with Crippen LogP contribution in [0.3, 0.4) is 0 Å². The zero-order valence-electron chi connectivity index (χ0n) is 7.53. The van der Waals surface area contributed by atoms with Gasteiger partial charge >= 0.3 is 0 Å². The lowest BCUT2D eigenvalue weighted by molar-refractivity contribution is 0.0997. The molecule has 12 heavy (non-hydrogen) atoms. The van der Waals surface area contributed by atoms with Crippen molar-refractivity contribution in [1.82, 2.24) is 9.78 Å². The maximum absolute atomic E-state index is 5.42. The van der Waals surface area contributed by atoms with Gasteiger partial charge in [-0.15, -0.1) is 0 Å². The van der Waals surface area contributed by atoms with Crippen LogP contribution in [0.25, 0.3) is 0 Å². The number of hydrogen-bond acceptors (Lipinski definition) is 3. The molecule has 0 aliphatic rings. The minimum Gasteiger partial charge on any atom is -0.380 e. The van der Waals surface area contributed by atoms with Gasteiger partial charge in [-0.25, -0.2) is 0 Å². The van der Waals surface area contributed by atoms with Gasteiger partial charge in [-0.3, -0.25) is 4.68 Å². The van der Waals surface area contributed by atoms with Gasteiger partial charge in [0.05, 0.1) is 18.3 Å². The average molecular weight is 169 g/mol. The molecule has 4 nitrogen and oxygen atoms in total. The molecular formula is C8H15N3O. The predicted octanol–water partition coefficient (Wildman–Crippen LogP) is 0.377. The lowest BCUT2D eigenvalue weighted by Crippen LogP contribution is -2.15. The molecule has 0 radical (unpaired) electrons. The Kier molecular flexibility index (Phi) is 3.25. The van der Waals surface area contributed by atoms with Crippen LogP contribution in [0.1, 0.15) is 12.6 Å². The maximum Gasteiger partial charge on any atom is 0.0760 e. The van der Waals surface area contributed by atoms with Crippen molar-refractivity contribution in [2.24, 2.45) is 5.73 Å². The Labute approximate surface area is 72.3 Å². The van der Waals surface area contributed by atoms with E-state index in [2.05, 4.69) is 5.10 Å². The summed E-state index contributed by atoms with van der Waals surface area (Å²) >= 11 is 0. The van der Waals surface area contributed by atoms with Crippen LogP contribution < -0.4 is 5.73 Å².